The molecule has 1 saturated carbocycles. The summed E-state index contributed by atoms with van der Waals surface area (Å²) in [6.45, 7) is 6.05. The van der Waals surface area contributed by atoms with Crippen molar-refractivity contribution in [2.24, 2.45) is 11.8 Å². The molecule has 0 aromatic heterocycles. The predicted octanol–water partition coefficient (Wildman–Crippen LogP) is 3.93. The van der Waals surface area contributed by atoms with Crippen LogP contribution in [-0.2, 0) is 0 Å². The Labute approximate surface area is 106 Å². The van der Waals surface area contributed by atoms with E-state index in [4.69, 9.17) is 0 Å². The van der Waals surface area contributed by atoms with E-state index < -0.39 is 0 Å². The molecular formula is C14H29NS. The Kier molecular flexibility index (Phi) is 7.55. The van der Waals surface area contributed by atoms with Gasteiger partial charge in [-0.05, 0) is 56.1 Å². The van der Waals surface area contributed by atoms with Crippen LogP contribution in [0, 0.1) is 11.8 Å². The van der Waals surface area contributed by atoms with Gasteiger partial charge in [-0.25, -0.2) is 0 Å². The standard InChI is InChI=1S/C14H29NS/c1-12-7-8-13(2)14(11-12)15-9-5-4-6-10-16-3/h12-15H,4-11H2,1-3H3. The summed E-state index contributed by atoms with van der Waals surface area (Å²) in [5.74, 6) is 3.16. The number of unbranched alkanes of at least 4 members (excludes halogenated alkanes) is 2. The first-order chi connectivity index (χ1) is 7.74. The smallest absolute Gasteiger partial charge is 0.00952 e. The van der Waals surface area contributed by atoms with Gasteiger partial charge < -0.3 is 5.32 Å². The molecule has 96 valence electrons. The lowest BCUT2D eigenvalue weighted by atomic mass is 9.80. The number of hydrogen-bond donors (Lipinski definition) is 1. The molecule has 0 aliphatic heterocycles. The van der Waals surface area contributed by atoms with Crippen LogP contribution in [0.2, 0.25) is 0 Å². The quantitative estimate of drug-likeness (QED) is 0.680. The molecule has 0 radical (unpaired) electrons. The summed E-state index contributed by atoms with van der Waals surface area (Å²) >= 11 is 1.97. The van der Waals surface area contributed by atoms with Crippen LogP contribution in [0.15, 0.2) is 0 Å². The monoisotopic (exact) mass is 243 g/mol. The van der Waals surface area contributed by atoms with E-state index in [1.54, 1.807) is 0 Å². The SMILES string of the molecule is CSCCCCCNC1CC(C)CCC1C. The number of hydrogen-bond acceptors (Lipinski definition) is 2. The Bertz CT molecular complexity index is 172. The Morgan fingerprint density at radius 2 is 1.94 bits per heavy atom. The highest BCUT2D eigenvalue weighted by molar-refractivity contribution is 7.98. The van der Waals surface area contributed by atoms with Gasteiger partial charge in [-0.1, -0.05) is 26.7 Å². The molecule has 0 bridgehead atoms. The van der Waals surface area contributed by atoms with Crippen molar-refractivity contribution in [2.75, 3.05) is 18.6 Å². The molecule has 0 spiro atoms. The van der Waals surface area contributed by atoms with E-state index in [-0.39, 0.29) is 0 Å². The summed E-state index contributed by atoms with van der Waals surface area (Å²) in [5, 5.41) is 3.77. The van der Waals surface area contributed by atoms with E-state index >= 15 is 0 Å². The fraction of sp³-hybridized carbons (Fsp3) is 1.00. The highest BCUT2D eigenvalue weighted by atomic mass is 32.2. The molecule has 3 unspecified atom stereocenters. The lowest BCUT2D eigenvalue weighted by Crippen LogP contribution is -2.39. The molecule has 0 heterocycles. The second-order valence-corrected chi connectivity index (χ2v) is 6.50. The fourth-order valence-corrected chi connectivity index (χ4v) is 3.15. The number of thioether (sulfide) groups is 1. The maximum Gasteiger partial charge on any atom is 0.00952 e. The zero-order valence-electron chi connectivity index (χ0n) is 11.3. The van der Waals surface area contributed by atoms with Crippen LogP contribution in [0.5, 0.6) is 0 Å². The van der Waals surface area contributed by atoms with Crippen molar-refractivity contribution in [2.45, 2.75) is 58.4 Å². The van der Waals surface area contributed by atoms with Crippen molar-refractivity contribution in [3.8, 4) is 0 Å². The van der Waals surface area contributed by atoms with Crippen LogP contribution in [0.25, 0.3) is 0 Å². The summed E-state index contributed by atoms with van der Waals surface area (Å²) in [4.78, 5) is 0. The van der Waals surface area contributed by atoms with Crippen LogP contribution in [0.4, 0.5) is 0 Å². The molecule has 3 atom stereocenters. The molecule has 1 rings (SSSR count). The molecule has 1 nitrogen and oxygen atoms in total. The summed E-state index contributed by atoms with van der Waals surface area (Å²) in [5.41, 5.74) is 0. The number of nitrogens with one attached hydrogen (secondary N) is 1. The van der Waals surface area contributed by atoms with Crippen LogP contribution in [-0.4, -0.2) is 24.6 Å². The minimum Gasteiger partial charge on any atom is -0.314 e. The average molecular weight is 243 g/mol. The second-order valence-electron chi connectivity index (χ2n) is 5.51. The van der Waals surface area contributed by atoms with Crippen molar-refractivity contribution in [3.05, 3.63) is 0 Å². The number of rotatable bonds is 7. The minimum atomic E-state index is 0.796. The molecule has 1 aliphatic rings. The molecule has 0 saturated heterocycles. The van der Waals surface area contributed by atoms with Gasteiger partial charge in [0.25, 0.3) is 0 Å². The van der Waals surface area contributed by atoms with E-state index in [9.17, 15) is 0 Å². The highest BCUT2D eigenvalue weighted by Crippen LogP contribution is 2.28. The third-order valence-electron chi connectivity index (χ3n) is 3.89. The van der Waals surface area contributed by atoms with E-state index in [0.29, 0.717) is 0 Å². The van der Waals surface area contributed by atoms with E-state index in [1.807, 2.05) is 11.8 Å². The van der Waals surface area contributed by atoms with Crippen molar-refractivity contribution in [3.63, 3.8) is 0 Å². The molecule has 1 N–H and O–H groups in total. The maximum absolute atomic E-state index is 3.77. The molecule has 1 fully saturated rings. The van der Waals surface area contributed by atoms with E-state index in [0.717, 1.165) is 17.9 Å². The lowest BCUT2D eigenvalue weighted by Gasteiger charge is -2.33. The van der Waals surface area contributed by atoms with Gasteiger partial charge >= 0.3 is 0 Å². The normalized spacial score (nSPS) is 30.6. The van der Waals surface area contributed by atoms with Gasteiger partial charge in [0, 0.05) is 6.04 Å². The van der Waals surface area contributed by atoms with Gasteiger partial charge in [0.05, 0.1) is 0 Å². The zero-order chi connectivity index (χ0) is 11.8. The molecule has 0 aromatic carbocycles. The first-order valence-electron chi connectivity index (χ1n) is 6.96. The van der Waals surface area contributed by atoms with Crippen molar-refractivity contribution in [1.82, 2.24) is 5.32 Å². The molecular weight excluding hydrogens is 214 g/mol. The zero-order valence-corrected chi connectivity index (χ0v) is 12.1. The summed E-state index contributed by atoms with van der Waals surface area (Å²) in [7, 11) is 0. The van der Waals surface area contributed by atoms with Crippen LogP contribution in [0.3, 0.4) is 0 Å². The Hall–Kier alpha value is 0.310. The third kappa shape index (κ3) is 5.58. The lowest BCUT2D eigenvalue weighted by molar-refractivity contribution is 0.228. The molecule has 1 aliphatic carbocycles. The summed E-state index contributed by atoms with van der Waals surface area (Å²) < 4.78 is 0. The second kappa shape index (κ2) is 8.41. The molecule has 16 heavy (non-hydrogen) atoms. The highest BCUT2D eigenvalue weighted by Gasteiger charge is 2.24. The van der Waals surface area contributed by atoms with Gasteiger partial charge in [-0.15, -0.1) is 0 Å². The predicted molar refractivity (Wildman–Crippen MR) is 76.2 cm³/mol. The largest absolute Gasteiger partial charge is 0.314 e. The minimum absolute atomic E-state index is 0.796. The molecule has 0 aromatic rings. The Morgan fingerprint density at radius 3 is 2.69 bits per heavy atom. The van der Waals surface area contributed by atoms with E-state index in [1.165, 1.54) is 50.8 Å². The first-order valence-corrected chi connectivity index (χ1v) is 8.35. The Balaban J connectivity index is 2.02. The van der Waals surface area contributed by atoms with Gasteiger partial charge in [-0.2, -0.15) is 11.8 Å². The molecule has 2 heteroatoms. The third-order valence-corrected chi connectivity index (χ3v) is 4.59. The summed E-state index contributed by atoms with van der Waals surface area (Å²) in [6.07, 6.45) is 10.6. The van der Waals surface area contributed by atoms with E-state index in [2.05, 4.69) is 25.4 Å². The van der Waals surface area contributed by atoms with Crippen molar-refractivity contribution < 1.29 is 0 Å². The maximum atomic E-state index is 3.77. The first kappa shape index (κ1) is 14.4. The topological polar surface area (TPSA) is 12.0 Å². The summed E-state index contributed by atoms with van der Waals surface area (Å²) in [6, 6.07) is 0.796. The van der Waals surface area contributed by atoms with Gasteiger partial charge in [0.1, 0.15) is 0 Å². The molecule has 0 amide bonds. The van der Waals surface area contributed by atoms with Gasteiger partial charge in [-0.3, -0.25) is 0 Å². The van der Waals surface area contributed by atoms with Crippen molar-refractivity contribution in [1.29, 1.82) is 0 Å². The van der Waals surface area contributed by atoms with Crippen LogP contribution >= 0.6 is 11.8 Å². The van der Waals surface area contributed by atoms with Gasteiger partial charge in [0.2, 0.25) is 0 Å². The van der Waals surface area contributed by atoms with Gasteiger partial charge in [0.15, 0.2) is 0 Å². The van der Waals surface area contributed by atoms with Crippen LogP contribution in [0.1, 0.15) is 52.4 Å². The average Bonchev–Trinajstić information content (AvgIpc) is 2.28. The Morgan fingerprint density at radius 1 is 1.12 bits per heavy atom. The fourth-order valence-electron chi connectivity index (χ4n) is 2.65. The van der Waals surface area contributed by atoms with Crippen molar-refractivity contribution >= 4 is 11.8 Å². The van der Waals surface area contributed by atoms with Crippen LogP contribution < -0.4 is 5.32 Å².